The van der Waals surface area contributed by atoms with Gasteiger partial charge < -0.3 is 15.3 Å². The Bertz CT molecular complexity index is 565. The topological polar surface area (TPSA) is 51.1 Å². The van der Waals surface area contributed by atoms with E-state index in [1.54, 1.807) is 12.1 Å². The number of para-hydroxylation sites is 1. The molecule has 1 saturated heterocycles. The first-order valence-electron chi connectivity index (χ1n) is 7.12. The van der Waals surface area contributed by atoms with Gasteiger partial charge in [-0.15, -0.1) is 0 Å². The van der Waals surface area contributed by atoms with Crippen LogP contribution in [0.15, 0.2) is 35.5 Å². The molecule has 3 rings (SSSR count). The maximum absolute atomic E-state index is 13.3. The van der Waals surface area contributed by atoms with Gasteiger partial charge in [0.2, 0.25) is 0 Å². The first-order chi connectivity index (χ1) is 10.2. The molecule has 0 atom stereocenters. The lowest BCUT2D eigenvalue weighted by Gasteiger charge is -2.36. The largest absolute Gasteiger partial charge is 0.505 e. The van der Waals surface area contributed by atoms with E-state index in [4.69, 9.17) is 0 Å². The summed E-state index contributed by atoms with van der Waals surface area (Å²) in [6.45, 7) is 4.72. The summed E-state index contributed by atoms with van der Waals surface area (Å²) in [5.41, 5.74) is 0.641. The fraction of sp³-hybridized carbons (Fsp3) is 0.400. The van der Waals surface area contributed by atoms with E-state index in [2.05, 4.69) is 20.1 Å². The number of amidine groups is 1. The van der Waals surface area contributed by atoms with E-state index in [0.717, 1.165) is 32.0 Å². The molecule has 6 heteroatoms. The second kappa shape index (κ2) is 6.13. The number of hydrogen-bond acceptors (Lipinski definition) is 5. The number of halogens is 1. The zero-order valence-corrected chi connectivity index (χ0v) is 11.8. The van der Waals surface area contributed by atoms with Crippen LogP contribution in [0.3, 0.4) is 0 Å². The quantitative estimate of drug-likeness (QED) is 0.857. The lowest BCUT2D eigenvalue weighted by atomic mass is 10.1. The third kappa shape index (κ3) is 3.16. The van der Waals surface area contributed by atoms with E-state index in [1.807, 2.05) is 12.3 Å². The highest BCUT2D eigenvalue weighted by Crippen LogP contribution is 2.22. The number of phenolic OH excluding ortho intramolecular Hbond substituents is 1. The van der Waals surface area contributed by atoms with Crippen molar-refractivity contribution in [2.75, 3.05) is 32.8 Å². The number of aromatic hydroxyl groups is 1. The molecule has 1 aromatic rings. The van der Waals surface area contributed by atoms with Crippen LogP contribution < -0.4 is 5.32 Å². The van der Waals surface area contributed by atoms with Crippen molar-refractivity contribution in [3.05, 3.63) is 41.9 Å². The van der Waals surface area contributed by atoms with Gasteiger partial charge in [0.15, 0.2) is 11.6 Å². The van der Waals surface area contributed by atoms with Crippen molar-refractivity contribution < 1.29 is 9.50 Å². The molecule has 2 aliphatic rings. The summed E-state index contributed by atoms with van der Waals surface area (Å²) in [4.78, 5) is 8.89. The Labute approximate surface area is 123 Å². The van der Waals surface area contributed by atoms with Gasteiger partial charge in [0, 0.05) is 44.5 Å². The minimum atomic E-state index is -0.555. The van der Waals surface area contributed by atoms with Crippen LogP contribution in [-0.2, 0) is 6.54 Å². The van der Waals surface area contributed by atoms with Gasteiger partial charge >= 0.3 is 0 Å². The van der Waals surface area contributed by atoms with Gasteiger partial charge in [-0.1, -0.05) is 12.1 Å². The highest BCUT2D eigenvalue weighted by atomic mass is 19.1. The minimum Gasteiger partial charge on any atom is -0.505 e. The second-order valence-corrected chi connectivity index (χ2v) is 5.22. The summed E-state index contributed by atoms with van der Waals surface area (Å²) in [5, 5.41) is 12.8. The smallest absolute Gasteiger partial charge is 0.165 e. The van der Waals surface area contributed by atoms with Crippen molar-refractivity contribution >= 4 is 5.84 Å². The Hall–Kier alpha value is -2.08. The zero-order valence-electron chi connectivity index (χ0n) is 11.8. The van der Waals surface area contributed by atoms with Gasteiger partial charge in [-0.2, -0.15) is 0 Å². The van der Waals surface area contributed by atoms with Crippen molar-refractivity contribution in [3.63, 3.8) is 0 Å². The molecular formula is C15H19FN4O. The maximum atomic E-state index is 13.3. The summed E-state index contributed by atoms with van der Waals surface area (Å²) in [7, 11) is 0. The summed E-state index contributed by atoms with van der Waals surface area (Å²) < 4.78 is 13.3. The van der Waals surface area contributed by atoms with E-state index in [0.29, 0.717) is 18.8 Å². The Kier molecular flexibility index (Phi) is 4.06. The standard InChI is InChI=1S/C15H19FN4O/c16-13-3-1-2-12(15(13)21)10-19-6-8-20(9-7-19)14-4-5-17-11-18-14/h1-5,17,21H,6-11H2. The molecule has 0 aromatic heterocycles. The molecule has 0 radical (unpaired) electrons. The molecule has 0 amide bonds. The monoisotopic (exact) mass is 290 g/mol. The highest BCUT2D eigenvalue weighted by molar-refractivity contribution is 5.93. The summed E-state index contributed by atoms with van der Waals surface area (Å²) in [5.74, 6) is 0.230. The number of nitrogens with one attached hydrogen (secondary N) is 1. The van der Waals surface area contributed by atoms with Crippen molar-refractivity contribution in [1.29, 1.82) is 0 Å². The van der Waals surface area contributed by atoms with Crippen molar-refractivity contribution in [2.24, 2.45) is 4.99 Å². The van der Waals surface area contributed by atoms with Crippen LogP contribution in [-0.4, -0.2) is 53.6 Å². The Balaban J connectivity index is 1.57. The first kappa shape index (κ1) is 13.9. The summed E-state index contributed by atoms with van der Waals surface area (Å²) in [6.07, 6.45) is 3.90. The third-order valence-electron chi connectivity index (χ3n) is 3.84. The average Bonchev–Trinajstić information content (AvgIpc) is 2.53. The number of nitrogens with zero attached hydrogens (tertiary/aromatic N) is 3. The molecule has 2 heterocycles. The maximum Gasteiger partial charge on any atom is 0.165 e. The summed E-state index contributed by atoms with van der Waals surface area (Å²) in [6, 6.07) is 4.68. The highest BCUT2D eigenvalue weighted by Gasteiger charge is 2.20. The molecule has 21 heavy (non-hydrogen) atoms. The molecular weight excluding hydrogens is 271 g/mol. The molecule has 1 fully saturated rings. The number of hydrogen-bond donors (Lipinski definition) is 2. The lowest BCUT2D eigenvalue weighted by Crippen LogP contribution is -2.48. The van der Waals surface area contributed by atoms with Gasteiger partial charge in [0.1, 0.15) is 12.5 Å². The molecule has 0 saturated carbocycles. The van der Waals surface area contributed by atoms with E-state index in [1.165, 1.54) is 6.07 Å². The number of aliphatic imine (C=N–C) groups is 1. The second-order valence-electron chi connectivity index (χ2n) is 5.22. The summed E-state index contributed by atoms with van der Waals surface area (Å²) >= 11 is 0. The SMILES string of the molecule is Oc1c(F)cccc1CN1CCN(C2=NCNC=C2)CC1. The predicted molar refractivity (Wildman–Crippen MR) is 79.5 cm³/mol. The number of phenols is 1. The third-order valence-corrected chi connectivity index (χ3v) is 3.84. The van der Waals surface area contributed by atoms with Crippen molar-refractivity contribution in [1.82, 2.24) is 15.1 Å². The van der Waals surface area contributed by atoms with Gasteiger partial charge in [-0.3, -0.25) is 4.90 Å². The number of rotatable bonds is 2. The Morgan fingerprint density at radius 1 is 1.24 bits per heavy atom. The normalized spacial score (nSPS) is 19.3. The Morgan fingerprint density at radius 3 is 2.76 bits per heavy atom. The molecule has 5 nitrogen and oxygen atoms in total. The van der Waals surface area contributed by atoms with Crippen LogP contribution in [0.25, 0.3) is 0 Å². The first-order valence-corrected chi connectivity index (χ1v) is 7.12. The van der Waals surface area contributed by atoms with E-state index < -0.39 is 5.82 Å². The van der Waals surface area contributed by atoms with Crippen LogP contribution in [0, 0.1) is 5.82 Å². The molecule has 0 bridgehead atoms. The van der Waals surface area contributed by atoms with E-state index in [-0.39, 0.29) is 5.75 Å². The molecule has 0 aliphatic carbocycles. The van der Waals surface area contributed by atoms with Gasteiger partial charge in [-0.05, 0) is 12.1 Å². The van der Waals surface area contributed by atoms with E-state index in [9.17, 15) is 9.50 Å². The van der Waals surface area contributed by atoms with Crippen LogP contribution in [0.4, 0.5) is 4.39 Å². The average molecular weight is 290 g/mol. The van der Waals surface area contributed by atoms with Crippen molar-refractivity contribution in [2.45, 2.75) is 6.54 Å². The van der Waals surface area contributed by atoms with E-state index >= 15 is 0 Å². The molecule has 2 N–H and O–H groups in total. The number of piperazine rings is 1. The van der Waals surface area contributed by atoms with Crippen LogP contribution >= 0.6 is 0 Å². The van der Waals surface area contributed by atoms with Gasteiger partial charge in [0.05, 0.1) is 0 Å². The fourth-order valence-electron chi connectivity index (χ4n) is 2.63. The molecule has 112 valence electrons. The van der Waals surface area contributed by atoms with Crippen LogP contribution in [0.2, 0.25) is 0 Å². The minimum absolute atomic E-state index is 0.231. The Morgan fingerprint density at radius 2 is 2.05 bits per heavy atom. The van der Waals surface area contributed by atoms with Gasteiger partial charge in [-0.25, -0.2) is 9.38 Å². The van der Waals surface area contributed by atoms with Gasteiger partial charge in [0.25, 0.3) is 0 Å². The van der Waals surface area contributed by atoms with Crippen LogP contribution in [0.1, 0.15) is 5.56 Å². The van der Waals surface area contributed by atoms with Crippen molar-refractivity contribution in [3.8, 4) is 5.75 Å². The predicted octanol–water partition coefficient (Wildman–Crippen LogP) is 1.12. The molecule has 1 aromatic carbocycles. The molecule has 0 unspecified atom stereocenters. The lowest BCUT2D eigenvalue weighted by molar-refractivity contribution is 0.174. The van der Waals surface area contributed by atoms with Crippen LogP contribution in [0.5, 0.6) is 5.75 Å². The fourth-order valence-corrected chi connectivity index (χ4v) is 2.63. The number of benzene rings is 1. The molecule has 2 aliphatic heterocycles. The molecule has 0 spiro atoms. The zero-order chi connectivity index (χ0) is 14.7.